The fourth-order valence-corrected chi connectivity index (χ4v) is 2.11. The third-order valence-corrected chi connectivity index (χ3v) is 3.19. The lowest BCUT2D eigenvalue weighted by Crippen LogP contribution is -2.43. The van der Waals surface area contributed by atoms with Gasteiger partial charge in [-0.05, 0) is 31.2 Å². The van der Waals surface area contributed by atoms with Gasteiger partial charge in [-0.1, -0.05) is 20.8 Å². The number of carboxylic acid groups (broad SMARTS) is 1. The van der Waals surface area contributed by atoms with Crippen molar-refractivity contribution in [3.8, 4) is 0 Å². The molecule has 0 aromatic rings. The Morgan fingerprint density at radius 3 is 2.61 bits per heavy atom. The Morgan fingerprint density at radius 2 is 2.06 bits per heavy atom. The van der Waals surface area contributed by atoms with Crippen molar-refractivity contribution in [1.82, 2.24) is 10.2 Å². The van der Waals surface area contributed by atoms with E-state index in [1.54, 1.807) is 4.90 Å². The van der Waals surface area contributed by atoms with Crippen molar-refractivity contribution in [2.45, 2.75) is 46.1 Å². The summed E-state index contributed by atoms with van der Waals surface area (Å²) in [4.78, 5) is 24.4. The van der Waals surface area contributed by atoms with Crippen molar-refractivity contribution in [1.29, 1.82) is 0 Å². The monoisotopic (exact) mass is 256 g/mol. The Labute approximate surface area is 109 Å². The molecule has 0 aromatic heterocycles. The molecule has 1 aliphatic rings. The normalized spacial score (nSPS) is 20.9. The van der Waals surface area contributed by atoms with E-state index < -0.39 is 12.0 Å². The second-order valence-electron chi connectivity index (χ2n) is 6.13. The second-order valence-corrected chi connectivity index (χ2v) is 6.13. The van der Waals surface area contributed by atoms with Crippen molar-refractivity contribution < 1.29 is 14.7 Å². The minimum atomic E-state index is -0.824. The van der Waals surface area contributed by atoms with Gasteiger partial charge in [0.2, 0.25) is 5.91 Å². The zero-order valence-electron chi connectivity index (χ0n) is 11.5. The van der Waals surface area contributed by atoms with E-state index in [0.717, 1.165) is 12.8 Å². The second kappa shape index (κ2) is 6.18. The molecule has 0 aliphatic carbocycles. The number of amides is 1. The summed E-state index contributed by atoms with van der Waals surface area (Å²) < 4.78 is 0. The van der Waals surface area contributed by atoms with Crippen LogP contribution in [0.25, 0.3) is 0 Å². The highest BCUT2D eigenvalue weighted by molar-refractivity contribution is 5.80. The molecule has 0 bridgehead atoms. The number of carbonyl (C=O) groups excluding carboxylic acids is 1. The van der Waals surface area contributed by atoms with Crippen molar-refractivity contribution in [2.75, 3.05) is 19.6 Å². The molecule has 1 atom stereocenters. The van der Waals surface area contributed by atoms with Crippen LogP contribution in [-0.2, 0) is 9.59 Å². The molecule has 5 heteroatoms. The van der Waals surface area contributed by atoms with E-state index in [-0.39, 0.29) is 17.9 Å². The first-order valence-corrected chi connectivity index (χ1v) is 6.53. The van der Waals surface area contributed by atoms with E-state index >= 15 is 0 Å². The van der Waals surface area contributed by atoms with E-state index in [2.05, 4.69) is 26.1 Å². The van der Waals surface area contributed by atoms with Crippen molar-refractivity contribution in [3.63, 3.8) is 0 Å². The first kappa shape index (κ1) is 15.0. The molecule has 1 unspecified atom stereocenters. The molecule has 0 saturated carbocycles. The van der Waals surface area contributed by atoms with Crippen LogP contribution in [0.1, 0.15) is 40.0 Å². The predicted octanol–water partition coefficient (Wildman–Crippen LogP) is 1.09. The topological polar surface area (TPSA) is 69.6 Å². The van der Waals surface area contributed by atoms with Crippen LogP contribution in [-0.4, -0.2) is 47.6 Å². The molecule has 0 aromatic carbocycles. The van der Waals surface area contributed by atoms with Crippen LogP contribution in [0.4, 0.5) is 0 Å². The minimum absolute atomic E-state index is 0.0765. The first-order chi connectivity index (χ1) is 8.29. The number of carboxylic acids is 1. The van der Waals surface area contributed by atoms with Gasteiger partial charge in [-0.25, -0.2) is 0 Å². The van der Waals surface area contributed by atoms with Crippen LogP contribution < -0.4 is 5.32 Å². The maximum Gasteiger partial charge on any atom is 0.320 e. The summed E-state index contributed by atoms with van der Waals surface area (Å²) in [7, 11) is 0. The Balaban J connectivity index is 2.29. The van der Waals surface area contributed by atoms with Gasteiger partial charge < -0.3 is 10.4 Å². The minimum Gasteiger partial charge on any atom is -0.480 e. The summed E-state index contributed by atoms with van der Waals surface area (Å²) in [5.41, 5.74) is 0.199. The summed E-state index contributed by atoms with van der Waals surface area (Å²) in [5, 5.41) is 11.9. The summed E-state index contributed by atoms with van der Waals surface area (Å²) in [6.07, 6.45) is 2.41. The SMILES string of the molecule is CC(C)(C)CCNC(=O)CN1CCCC1C(=O)O. The Kier molecular flexibility index (Phi) is 5.14. The lowest BCUT2D eigenvalue weighted by atomic mass is 9.92. The van der Waals surface area contributed by atoms with Gasteiger partial charge in [-0.15, -0.1) is 0 Å². The molecule has 1 fully saturated rings. The molecule has 18 heavy (non-hydrogen) atoms. The molecule has 1 saturated heterocycles. The van der Waals surface area contributed by atoms with Crippen LogP contribution in [0.3, 0.4) is 0 Å². The Hall–Kier alpha value is -1.10. The highest BCUT2D eigenvalue weighted by Gasteiger charge is 2.31. The molecule has 1 heterocycles. The summed E-state index contributed by atoms with van der Waals surface area (Å²) in [6.45, 7) is 7.92. The van der Waals surface area contributed by atoms with Gasteiger partial charge in [0.1, 0.15) is 6.04 Å². The quantitative estimate of drug-likeness (QED) is 0.772. The molecule has 104 valence electrons. The number of rotatable bonds is 5. The van der Waals surface area contributed by atoms with Crippen molar-refractivity contribution >= 4 is 11.9 Å². The van der Waals surface area contributed by atoms with Crippen molar-refractivity contribution in [2.24, 2.45) is 5.41 Å². The van der Waals surface area contributed by atoms with E-state index in [1.165, 1.54) is 0 Å². The third-order valence-electron chi connectivity index (χ3n) is 3.19. The standard InChI is InChI=1S/C13H24N2O3/c1-13(2,3)6-7-14-11(16)9-15-8-4-5-10(15)12(17)18/h10H,4-9H2,1-3H3,(H,14,16)(H,17,18). The molecule has 1 amide bonds. The molecular formula is C13H24N2O3. The smallest absolute Gasteiger partial charge is 0.320 e. The van der Waals surface area contributed by atoms with Crippen LogP contribution in [0.2, 0.25) is 0 Å². The van der Waals surface area contributed by atoms with Gasteiger partial charge in [0.25, 0.3) is 0 Å². The van der Waals surface area contributed by atoms with Gasteiger partial charge in [-0.3, -0.25) is 14.5 Å². The number of aliphatic carboxylic acids is 1. The zero-order chi connectivity index (χ0) is 13.8. The first-order valence-electron chi connectivity index (χ1n) is 6.53. The lowest BCUT2D eigenvalue weighted by molar-refractivity contribution is -0.142. The van der Waals surface area contributed by atoms with E-state index in [0.29, 0.717) is 19.5 Å². The molecule has 0 spiro atoms. The summed E-state index contributed by atoms with van der Waals surface area (Å²) >= 11 is 0. The van der Waals surface area contributed by atoms with Crippen molar-refractivity contribution in [3.05, 3.63) is 0 Å². The van der Waals surface area contributed by atoms with Crippen LogP contribution in [0, 0.1) is 5.41 Å². The fraction of sp³-hybridized carbons (Fsp3) is 0.846. The number of hydrogen-bond donors (Lipinski definition) is 2. The maximum atomic E-state index is 11.7. The molecule has 1 rings (SSSR count). The highest BCUT2D eigenvalue weighted by atomic mass is 16.4. The number of hydrogen-bond acceptors (Lipinski definition) is 3. The van der Waals surface area contributed by atoms with Crippen LogP contribution in [0.5, 0.6) is 0 Å². The average Bonchev–Trinajstić information content (AvgIpc) is 2.63. The van der Waals surface area contributed by atoms with Crippen LogP contribution in [0.15, 0.2) is 0 Å². The van der Waals surface area contributed by atoms with Gasteiger partial charge in [0.05, 0.1) is 6.54 Å². The number of carbonyl (C=O) groups is 2. The maximum absolute atomic E-state index is 11.7. The van der Waals surface area contributed by atoms with E-state index in [1.807, 2.05) is 0 Å². The number of likely N-dealkylation sites (tertiary alicyclic amines) is 1. The van der Waals surface area contributed by atoms with Gasteiger partial charge in [-0.2, -0.15) is 0 Å². The van der Waals surface area contributed by atoms with Gasteiger partial charge in [0, 0.05) is 6.54 Å². The zero-order valence-corrected chi connectivity index (χ0v) is 11.5. The van der Waals surface area contributed by atoms with E-state index in [9.17, 15) is 9.59 Å². The molecule has 0 radical (unpaired) electrons. The number of nitrogens with zero attached hydrogens (tertiary/aromatic N) is 1. The predicted molar refractivity (Wildman–Crippen MR) is 69.3 cm³/mol. The summed E-state index contributed by atoms with van der Waals surface area (Å²) in [5.74, 6) is -0.901. The molecule has 5 nitrogen and oxygen atoms in total. The average molecular weight is 256 g/mol. The number of nitrogens with one attached hydrogen (secondary N) is 1. The Bertz CT molecular complexity index is 310. The lowest BCUT2D eigenvalue weighted by Gasteiger charge is -2.21. The van der Waals surface area contributed by atoms with Gasteiger partial charge >= 0.3 is 5.97 Å². The summed E-state index contributed by atoms with van der Waals surface area (Å²) in [6, 6.07) is -0.488. The molecule has 2 N–H and O–H groups in total. The van der Waals surface area contributed by atoms with Gasteiger partial charge in [0.15, 0.2) is 0 Å². The Morgan fingerprint density at radius 1 is 1.39 bits per heavy atom. The largest absolute Gasteiger partial charge is 0.480 e. The third kappa shape index (κ3) is 5.04. The molecule has 1 aliphatic heterocycles. The van der Waals surface area contributed by atoms with Crippen LogP contribution >= 0.6 is 0 Å². The van der Waals surface area contributed by atoms with E-state index in [4.69, 9.17) is 5.11 Å². The molecular weight excluding hydrogens is 232 g/mol. The highest BCUT2D eigenvalue weighted by Crippen LogP contribution is 2.18. The fourth-order valence-electron chi connectivity index (χ4n) is 2.11.